The van der Waals surface area contributed by atoms with Crippen LogP contribution < -0.4 is 0 Å². The Morgan fingerprint density at radius 1 is 1.58 bits per heavy atom. The Kier molecular flexibility index (Phi) is 4.35. The molecule has 0 aliphatic heterocycles. The van der Waals surface area contributed by atoms with E-state index in [0.717, 1.165) is 4.88 Å². The molecule has 100 valence electrons. The van der Waals surface area contributed by atoms with Crippen molar-refractivity contribution in [2.45, 2.75) is 19.5 Å². The molecule has 0 saturated carbocycles. The fourth-order valence-electron chi connectivity index (χ4n) is 1.54. The Labute approximate surface area is 113 Å². The molecular formula is C11H12N4O3S. The van der Waals surface area contributed by atoms with Crippen LogP contribution in [-0.4, -0.2) is 27.6 Å². The highest BCUT2D eigenvalue weighted by atomic mass is 32.1. The predicted molar refractivity (Wildman–Crippen MR) is 68.6 cm³/mol. The Bertz CT molecular complexity index is 552. The van der Waals surface area contributed by atoms with Crippen molar-refractivity contribution < 1.29 is 9.53 Å². The number of carbonyl (C=O) groups is 1. The minimum Gasteiger partial charge on any atom is -0.464 e. The number of thiophene rings is 1. The monoisotopic (exact) mass is 280 g/mol. The quantitative estimate of drug-likeness (QED) is 0.594. The number of hydrogen-bond acceptors (Lipinski definition) is 7. The second-order valence-electron chi connectivity index (χ2n) is 3.66. The highest BCUT2D eigenvalue weighted by molar-refractivity contribution is 7.12. The van der Waals surface area contributed by atoms with Crippen molar-refractivity contribution in [2.24, 2.45) is 5.18 Å². The standard InChI is InChI=1S/C11H12N4O3S/c1-2-18-11(16)10(13-17)9-4-3-8(19-9)7-15-6-5-12-14-15/h3-6,10H,2,7H2,1H3. The second kappa shape index (κ2) is 6.19. The smallest absolute Gasteiger partial charge is 0.340 e. The van der Waals surface area contributed by atoms with Crippen LogP contribution in [0.3, 0.4) is 0 Å². The number of esters is 1. The fraction of sp³-hybridized carbons (Fsp3) is 0.364. The maximum atomic E-state index is 11.6. The average Bonchev–Trinajstić information content (AvgIpc) is 3.03. The zero-order valence-corrected chi connectivity index (χ0v) is 11.0. The molecule has 8 heteroatoms. The van der Waals surface area contributed by atoms with Gasteiger partial charge in [-0.2, -0.15) is 0 Å². The summed E-state index contributed by atoms with van der Waals surface area (Å²) in [7, 11) is 0. The summed E-state index contributed by atoms with van der Waals surface area (Å²) in [6.07, 6.45) is 3.32. The van der Waals surface area contributed by atoms with Gasteiger partial charge in [0.25, 0.3) is 0 Å². The molecule has 0 aliphatic carbocycles. The van der Waals surface area contributed by atoms with E-state index >= 15 is 0 Å². The maximum absolute atomic E-state index is 11.6. The molecule has 2 aromatic rings. The summed E-state index contributed by atoms with van der Waals surface area (Å²) >= 11 is 1.33. The molecule has 0 amide bonds. The van der Waals surface area contributed by atoms with E-state index in [9.17, 15) is 9.70 Å². The zero-order chi connectivity index (χ0) is 13.7. The van der Waals surface area contributed by atoms with E-state index in [2.05, 4.69) is 15.5 Å². The summed E-state index contributed by atoms with van der Waals surface area (Å²) in [5.74, 6) is -0.619. The van der Waals surface area contributed by atoms with Crippen molar-refractivity contribution in [3.8, 4) is 0 Å². The maximum Gasteiger partial charge on any atom is 0.340 e. The number of rotatable bonds is 6. The number of hydrogen-bond donors (Lipinski definition) is 0. The van der Waals surface area contributed by atoms with E-state index in [1.807, 2.05) is 6.07 Å². The Morgan fingerprint density at radius 2 is 2.42 bits per heavy atom. The van der Waals surface area contributed by atoms with Crippen molar-refractivity contribution in [1.82, 2.24) is 15.0 Å². The van der Waals surface area contributed by atoms with Gasteiger partial charge >= 0.3 is 5.97 Å². The third-order valence-electron chi connectivity index (χ3n) is 2.36. The van der Waals surface area contributed by atoms with Crippen LogP contribution in [-0.2, 0) is 16.1 Å². The molecule has 2 aromatic heterocycles. The van der Waals surface area contributed by atoms with Crippen LogP contribution in [0.2, 0.25) is 0 Å². The number of aromatic nitrogens is 3. The van der Waals surface area contributed by atoms with E-state index in [4.69, 9.17) is 4.74 Å². The molecule has 0 N–H and O–H groups in total. The predicted octanol–water partition coefficient (Wildman–Crippen LogP) is 1.76. The SMILES string of the molecule is CCOC(=O)C(N=O)c1ccc(Cn2ccnn2)s1. The summed E-state index contributed by atoms with van der Waals surface area (Å²) in [4.78, 5) is 23.9. The molecule has 0 aliphatic rings. The third-order valence-corrected chi connectivity index (χ3v) is 3.48. The van der Waals surface area contributed by atoms with Crippen molar-refractivity contribution in [2.75, 3.05) is 6.61 Å². The van der Waals surface area contributed by atoms with Crippen LogP contribution in [0.25, 0.3) is 0 Å². The lowest BCUT2D eigenvalue weighted by atomic mass is 10.2. The van der Waals surface area contributed by atoms with Crippen molar-refractivity contribution in [3.05, 3.63) is 39.2 Å². The van der Waals surface area contributed by atoms with Crippen LogP contribution in [0.5, 0.6) is 0 Å². The van der Waals surface area contributed by atoms with Gasteiger partial charge in [0.1, 0.15) is 0 Å². The van der Waals surface area contributed by atoms with Gasteiger partial charge in [-0.25, -0.2) is 9.48 Å². The van der Waals surface area contributed by atoms with E-state index in [1.165, 1.54) is 11.3 Å². The molecule has 19 heavy (non-hydrogen) atoms. The van der Waals surface area contributed by atoms with E-state index in [1.54, 1.807) is 30.1 Å². The molecule has 0 radical (unpaired) electrons. The fourth-order valence-corrected chi connectivity index (χ4v) is 2.56. The minimum atomic E-state index is -1.09. The van der Waals surface area contributed by atoms with E-state index in [-0.39, 0.29) is 6.61 Å². The van der Waals surface area contributed by atoms with Gasteiger partial charge in [0.05, 0.1) is 19.3 Å². The van der Waals surface area contributed by atoms with E-state index < -0.39 is 12.0 Å². The Morgan fingerprint density at radius 3 is 3.05 bits per heavy atom. The van der Waals surface area contributed by atoms with Gasteiger partial charge in [0.2, 0.25) is 6.04 Å². The van der Waals surface area contributed by atoms with Crippen LogP contribution in [0.15, 0.2) is 29.7 Å². The second-order valence-corrected chi connectivity index (χ2v) is 4.86. The first-order valence-electron chi connectivity index (χ1n) is 5.66. The summed E-state index contributed by atoms with van der Waals surface area (Å²) in [6.45, 7) is 2.45. The lowest BCUT2D eigenvalue weighted by Gasteiger charge is -2.05. The van der Waals surface area contributed by atoms with Crippen LogP contribution in [0.1, 0.15) is 22.7 Å². The van der Waals surface area contributed by atoms with Gasteiger partial charge < -0.3 is 4.74 Å². The van der Waals surface area contributed by atoms with Gasteiger partial charge in [0.15, 0.2) is 0 Å². The Balaban J connectivity index is 2.10. The van der Waals surface area contributed by atoms with Crippen LogP contribution in [0.4, 0.5) is 0 Å². The third kappa shape index (κ3) is 3.22. The van der Waals surface area contributed by atoms with Gasteiger partial charge in [-0.15, -0.1) is 21.3 Å². The number of carbonyl (C=O) groups excluding carboxylic acids is 1. The molecule has 1 atom stereocenters. The van der Waals surface area contributed by atoms with Crippen molar-refractivity contribution in [1.29, 1.82) is 0 Å². The lowest BCUT2D eigenvalue weighted by molar-refractivity contribution is -0.144. The first-order valence-corrected chi connectivity index (χ1v) is 6.48. The summed E-state index contributed by atoms with van der Waals surface area (Å²) in [5.41, 5.74) is 0. The molecule has 0 aromatic carbocycles. The minimum absolute atomic E-state index is 0.224. The topological polar surface area (TPSA) is 86.4 Å². The molecule has 0 fully saturated rings. The van der Waals surface area contributed by atoms with Crippen molar-refractivity contribution >= 4 is 17.3 Å². The van der Waals surface area contributed by atoms with Gasteiger partial charge in [-0.1, -0.05) is 5.21 Å². The molecule has 0 spiro atoms. The van der Waals surface area contributed by atoms with Crippen LogP contribution in [0, 0.1) is 4.91 Å². The molecule has 1 unspecified atom stereocenters. The lowest BCUT2D eigenvalue weighted by Crippen LogP contribution is -2.12. The highest BCUT2D eigenvalue weighted by Crippen LogP contribution is 2.27. The number of ether oxygens (including phenoxy) is 1. The normalized spacial score (nSPS) is 12.1. The molecule has 2 rings (SSSR count). The van der Waals surface area contributed by atoms with Gasteiger partial charge in [0, 0.05) is 16.0 Å². The zero-order valence-electron chi connectivity index (χ0n) is 10.2. The molecule has 2 heterocycles. The first-order chi connectivity index (χ1) is 9.24. The first kappa shape index (κ1) is 13.3. The van der Waals surface area contributed by atoms with Gasteiger partial charge in [-0.05, 0) is 24.2 Å². The molecule has 7 nitrogen and oxygen atoms in total. The molecular weight excluding hydrogens is 268 g/mol. The van der Waals surface area contributed by atoms with Gasteiger partial charge in [-0.3, -0.25) is 0 Å². The Hall–Kier alpha value is -2.09. The number of nitrogens with zero attached hydrogens (tertiary/aromatic N) is 4. The van der Waals surface area contributed by atoms with E-state index in [0.29, 0.717) is 11.4 Å². The summed E-state index contributed by atoms with van der Waals surface area (Å²) in [5, 5.41) is 10.4. The largest absolute Gasteiger partial charge is 0.464 e. The summed E-state index contributed by atoms with van der Waals surface area (Å²) in [6, 6.07) is 2.45. The highest BCUT2D eigenvalue weighted by Gasteiger charge is 2.24. The molecule has 0 saturated heterocycles. The van der Waals surface area contributed by atoms with Crippen LogP contribution >= 0.6 is 11.3 Å². The van der Waals surface area contributed by atoms with Crippen molar-refractivity contribution in [3.63, 3.8) is 0 Å². The average molecular weight is 280 g/mol. The molecule has 0 bridgehead atoms. The number of nitroso groups, excluding NO2 is 1. The summed E-state index contributed by atoms with van der Waals surface area (Å²) < 4.78 is 6.47.